The second kappa shape index (κ2) is 10.2. The largest absolute Gasteiger partial charge is 0.481 e. The molecule has 3 aromatic carbocycles. The van der Waals surface area contributed by atoms with Crippen LogP contribution >= 0.6 is 11.3 Å². The minimum Gasteiger partial charge on any atom is -0.481 e. The molecule has 3 nitrogen and oxygen atoms in total. The Kier molecular flexibility index (Phi) is 6.85. The highest BCUT2D eigenvalue weighted by Gasteiger charge is 2.45. The van der Waals surface area contributed by atoms with Crippen LogP contribution in [0.5, 0.6) is 0 Å². The van der Waals surface area contributed by atoms with Crippen molar-refractivity contribution >= 4 is 17.3 Å². The fourth-order valence-electron chi connectivity index (χ4n) is 4.96. The number of carbonyl (C=O) groups is 1. The molecule has 1 aliphatic carbocycles. The van der Waals surface area contributed by atoms with Gasteiger partial charge >= 0.3 is 5.97 Å². The third kappa shape index (κ3) is 5.39. The first-order chi connectivity index (χ1) is 17.0. The van der Waals surface area contributed by atoms with Crippen molar-refractivity contribution in [1.29, 1.82) is 0 Å². The van der Waals surface area contributed by atoms with Crippen LogP contribution in [-0.4, -0.2) is 16.2 Å². The molecule has 2 N–H and O–H groups in total. The summed E-state index contributed by atoms with van der Waals surface area (Å²) in [4.78, 5) is 11.2. The van der Waals surface area contributed by atoms with Crippen molar-refractivity contribution in [2.24, 2.45) is 0 Å². The number of aliphatic carboxylic acids is 1. The molecule has 5 rings (SSSR count). The van der Waals surface area contributed by atoms with E-state index >= 15 is 0 Å². The Morgan fingerprint density at radius 3 is 2.11 bits per heavy atom. The van der Waals surface area contributed by atoms with E-state index in [9.17, 15) is 15.0 Å². The van der Waals surface area contributed by atoms with Gasteiger partial charge in [0.1, 0.15) is 0 Å². The van der Waals surface area contributed by atoms with Gasteiger partial charge < -0.3 is 10.2 Å². The first kappa shape index (κ1) is 23.5. The van der Waals surface area contributed by atoms with Gasteiger partial charge in [0, 0.05) is 5.41 Å². The van der Waals surface area contributed by atoms with E-state index < -0.39 is 12.1 Å². The zero-order valence-electron chi connectivity index (χ0n) is 19.7. The van der Waals surface area contributed by atoms with Gasteiger partial charge in [-0.25, -0.2) is 0 Å². The molecule has 1 heterocycles. The molecule has 0 bridgehead atoms. The average molecular weight is 483 g/mol. The first-order valence-corrected chi connectivity index (χ1v) is 13.2. The van der Waals surface area contributed by atoms with Gasteiger partial charge in [-0.3, -0.25) is 4.79 Å². The van der Waals surface area contributed by atoms with Gasteiger partial charge in [0.05, 0.1) is 12.5 Å². The highest BCUT2D eigenvalue weighted by Crippen LogP contribution is 2.51. The molecule has 4 aromatic rings. The molecule has 0 radical (unpaired) electrons. The summed E-state index contributed by atoms with van der Waals surface area (Å²) < 4.78 is 0. The number of thiophene rings is 1. The van der Waals surface area contributed by atoms with Crippen molar-refractivity contribution < 1.29 is 15.0 Å². The van der Waals surface area contributed by atoms with E-state index in [-0.39, 0.29) is 11.8 Å². The lowest BCUT2D eigenvalue weighted by molar-refractivity contribution is -0.137. The molecule has 0 spiro atoms. The van der Waals surface area contributed by atoms with Crippen LogP contribution in [0.15, 0.2) is 89.6 Å². The fourth-order valence-corrected chi connectivity index (χ4v) is 5.87. The molecule has 1 saturated carbocycles. The number of aryl methyl sites for hydroxylation is 1. The van der Waals surface area contributed by atoms with Crippen LogP contribution in [-0.2, 0) is 16.6 Å². The van der Waals surface area contributed by atoms with E-state index in [1.54, 1.807) is 11.3 Å². The lowest BCUT2D eigenvalue weighted by Crippen LogP contribution is -2.12. The zero-order chi connectivity index (χ0) is 24.3. The predicted octanol–water partition coefficient (Wildman–Crippen LogP) is 7.64. The van der Waals surface area contributed by atoms with Gasteiger partial charge in [0.15, 0.2) is 0 Å². The number of carboxylic acids is 1. The molecule has 35 heavy (non-hydrogen) atoms. The number of hydrogen-bond acceptors (Lipinski definition) is 3. The van der Waals surface area contributed by atoms with Crippen molar-refractivity contribution in [3.63, 3.8) is 0 Å². The Bertz CT molecular complexity index is 1270. The van der Waals surface area contributed by atoms with Crippen molar-refractivity contribution in [1.82, 2.24) is 0 Å². The summed E-state index contributed by atoms with van der Waals surface area (Å²) >= 11 is 1.73. The molecule has 1 fully saturated rings. The summed E-state index contributed by atoms with van der Waals surface area (Å²) in [5, 5.41) is 24.1. The minimum atomic E-state index is -0.720. The Hall–Kier alpha value is -3.21. The lowest BCUT2D eigenvalue weighted by atomic mass is 9.90. The second-order valence-electron chi connectivity index (χ2n) is 9.63. The van der Waals surface area contributed by atoms with E-state index in [0.717, 1.165) is 54.4 Å². The van der Waals surface area contributed by atoms with E-state index in [2.05, 4.69) is 59.3 Å². The first-order valence-electron chi connectivity index (χ1n) is 12.3. The fraction of sp³-hybridized carbons (Fsp3) is 0.258. The van der Waals surface area contributed by atoms with Crippen LogP contribution in [0.2, 0.25) is 0 Å². The van der Waals surface area contributed by atoms with E-state index in [0.29, 0.717) is 0 Å². The normalized spacial score (nSPS) is 15.0. The lowest BCUT2D eigenvalue weighted by Gasteiger charge is -2.14. The topological polar surface area (TPSA) is 57.5 Å². The molecule has 0 aliphatic heterocycles. The maximum Gasteiger partial charge on any atom is 0.304 e. The van der Waals surface area contributed by atoms with Crippen LogP contribution in [0.4, 0.5) is 0 Å². The van der Waals surface area contributed by atoms with E-state index in [1.807, 2.05) is 30.3 Å². The second-order valence-corrected chi connectivity index (χ2v) is 10.4. The van der Waals surface area contributed by atoms with Crippen LogP contribution in [0.1, 0.15) is 54.9 Å². The monoisotopic (exact) mass is 482 g/mol. The molecule has 0 amide bonds. The summed E-state index contributed by atoms with van der Waals surface area (Å²) in [6, 6.07) is 27.0. The Balaban J connectivity index is 1.23. The smallest absolute Gasteiger partial charge is 0.304 e. The van der Waals surface area contributed by atoms with E-state index in [1.165, 1.54) is 16.7 Å². The molecular weight excluding hydrogens is 452 g/mol. The average Bonchev–Trinajstić information content (AvgIpc) is 3.51. The summed E-state index contributed by atoms with van der Waals surface area (Å²) in [6.07, 6.45) is 4.36. The van der Waals surface area contributed by atoms with Crippen LogP contribution in [0, 0.1) is 0 Å². The van der Waals surface area contributed by atoms with Crippen LogP contribution in [0.25, 0.3) is 22.3 Å². The molecule has 1 aliphatic rings. The summed E-state index contributed by atoms with van der Waals surface area (Å²) in [5.74, 6) is -0.720. The van der Waals surface area contributed by atoms with Gasteiger partial charge in [0.25, 0.3) is 0 Å². The number of aliphatic hydroxyl groups excluding tert-OH is 1. The number of hydrogen-bond donors (Lipinski definition) is 2. The highest BCUT2D eigenvalue weighted by atomic mass is 32.1. The van der Waals surface area contributed by atoms with Crippen molar-refractivity contribution in [2.75, 3.05) is 0 Å². The molecule has 1 aromatic heterocycles. The van der Waals surface area contributed by atoms with Gasteiger partial charge in [-0.15, -0.1) is 0 Å². The van der Waals surface area contributed by atoms with Crippen LogP contribution < -0.4 is 0 Å². The van der Waals surface area contributed by atoms with Crippen molar-refractivity contribution in [3.05, 3.63) is 106 Å². The Labute approximate surface area is 210 Å². The Morgan fingerprint density at radius 1 is 0.857 bits per heavy atom. The molecular formula is C31H30O3S. The summed E-state index contributed by atoms with van der Waals surface area (Å²) in [6.45, 7) is 0. The van der Waals surface area contributed by atoms with Gasteiger partial charge in [-0.1, -0.05) is 78.9 Å². The van der Waals surface area contributed by atoms with E-state index in [4.69, 9.17) is 0 Å². The number of aliphatic hydroxyl groups is 1. The minimum absolute atomic E-state index is 0.152. The van der Waals surface area contributed by atoms with Crippen LogP contribution in [0.3, 0.4) is 0 Å². The predicted molar refractivity (Wildman–Crippen MR) is 143 cm³/mol. The maximum atomic E-state index is 11.2. The molecule has 4 heteroatoms. The van der Waals surface area contributed by atoms with Gasteiger partial charge in [-0.2, -0.15) is 11.3 Å². The third-order valence-corrected chi connectivity index (χ3v) is 8.01. The van der Waals surface area contributed by atoms with Gasteiger partial charge in [-0.05, 0) is 81.8 Å². The maximum absolute atomic E-state index is 11.2. The molecule has 1 atom stereocenters. The van der Waals surface area contributed by atoms with Gasteiger partial charge in [0.2, 0.25) is 0 Å². The quantitative estimate of drug-likeness (QED) is 0.244. The molecule has 1 unspecified atom stereocenters. The standard InChI is InChI=1S/C31H30O3S/c32-29(25-5-2-1-3-6-25)8-4-7-26-20-35-21-28(26)24-11-9-22(10-12-24)23-13-15-27(16-14-23)31(17-18-31)19-30(33)34/h1-3,5-6,9-16,20-21,29,32H,4,7-8,17-19H2,(H,33,34). The highest BCUT2D eigenvalue weighted by molar-refractivity contribution is 7.08. The Morgan fingerprint density at radius 2 is 1.49 bits per heavy atom. The number of benzene rings is 3. The molecule has 0 saturated heterocycles. The van der Waals surface area contributed by atoms with Crippen molar-refractivity contribution in [3.8, 4) is 22.3 Å². The summed E-state index contributed by atoms with van der Waals surface area (Å²) in [5.41, 5.74) is 8.09. The van der Waals surface area contributed by atoms with Crippen molar-refractivity contribution in [2.45, 2.75) is 50.0 Å². The number of carboxylic acid groups (broad SMARTS) is 1. The third-order valence-electron chi connectivity index (χ3n) is 7.22. The SMILES string of the molecule is O=C(O)CC1(c2ccc(-c3ccc(-c4cscc4CCCC(O)c4ccccc4)cc3)cc2)CC1. The number of rotatable bonds is 10. The zero-order valence-corrected chi connectivity index (χ0v) is 20.5. The molecule has 178 valence electrons. The summed E-state index contributed by atoms with van der Waals surface area (Å²) in [7, 11) is 0.